The highest BCUT2D eigenvalue weighted by atomic mass is 16.3. The van der Waals surface area contributed by atoms with Crippen molar-refractivity contribution in [2.24, 2.45) is 0 Å². The fraction of sp³-hybridized carbons (Fsp3) is 0.714. The summed E-state index contributed by atoms with van der Waals surface area (Å²) in [6.07, 6.45) is 4.45. The Morgan fingerprint density at radius 2 is 2.35 bits per heavy atom. The summed E-state index contributed by atoms with van der Waals surface area (Å²) in [5.41, 5.74) is 1.30. The van der Waals surface area contributed by atoms with E-state index in [1.165, 1.54) is 24.9 Å². The normalized spacial score (nSPS) is 21.5. The number of nitrogens with zero attached hydrogens (tertiary/aromatic N) is 1. The van der Waals surface area contributed by atoms with Crippen LogP contribution in [0.1, 0.15) is 44.9 Å². The fourth-order valence-corrected chi connectivity index (χ4v) is 2.39. The van der Waals surface area contributed by atoms with Crippen molar-refractivity contribution in [2.75, 3.05) is 6.54 Å². The summed E-state index contributed by atoms with van der Waals surface area (Å²) >= 11 is 0. The highest BCUT2D eigenvalue weighted by molar-refractivity contribution is 5.17. The smallest absolute Gasteiger partial charge is 0.122 e. The van der Waals surface area contributed by atoms with Crippen LogP contribution in [-0.4, -0.2) is 23.5 Å². The molecule has 3 heteroatoms. The van der Waals surface area contributed by atoms with Gasteiger partial charge in [-0.1, -0.05) is 13.8 Å². The van der Waals surface area contributed by atoms with Crippen molar-refractivity contribution in [3.63, 3.8) is 0 Å². The summed E-state index contributed by atoms with van der Waals surface area (Å²) in [7, 11) is 0. The average molecular weight is 236 g/mol. The van der Waals surface area contributed by atoms with Crippen molar-refractivity contribution in [2.45, 2.75) is 58.8 Å². The quantitative estimate of drug-likeness (QED) is 0.852. The van der Waals surface area contributed by atoms with Gasteiger partial charge in [0.25, 0.3) is 0 Å². The molecule has 0 bridgehead atoms. The first-order valence-corrected chi connectivity index (χ1v) is 6.69. The Balaban J connectivity index is 1.94. The van der Waals surface area contributed by atoms with E-state index in [-0.39, 0.29) is 0 Å². The topological polar surface area (TPSA) is 28.4 Å². The van der Waals surface area contributed by atoms with Crippen LogP contribution in [0, 0.1) is 0 Å². The molecule has 0 aromatic carbocycles. The maximum atomic E-state index is 5.63. The summed E-state index contributed by atoms with van der Waals surface area (Å²) in [4.78, 5) is 2.51. The average Bonchev–Trinajstić information content (AvgIpc) is 2.87. The highest BCUT2D eigenvalue weighted by Gasteiger charge is 2.22. The van der Waals surface area contributed by atoms with Gasteiger partial charge in [-0.2, -0.15) is 0 Å². The van der Waals surface area contributed by atoms with Gasteiger partial charge in [0, 0.05) is 24.2 Å². The van der Waals surface area contributed by atoms with Gasteiger partial charge in [-0.15, -0.1) is 0 Å². The van der Waals surface area contributed by atoms with Crippen LogP contribution < -0.4 is 5.32 Å². The van der Waals surface area contributed by atoms with Gasteiger partial charge in [-0.05, 0) is 32.4 Å². The molecular formula is C14H24N2O. The summed E-state index contributed by atoms with van der Waals surface area (Å²) in [5, 5.41) is 3.45. The molecule has 1 atom stereocenters. The zero-order valence-electron chi connectivity index (χ0n) is 11.2. The number of hydrogen-bond acceptors (Lipinski definition) is 3. The molecule has 1 aromatic heterocycles. The van der Waals surface area contributed by atoms with E-state index in [0.717, 1.165) is 18.8 Å². The molecule has 1 aliphatic rings. The third-order valence-electron chi connectivity index (χ3n) is 3.58. The van der Waals surface area contributed by atoms with E-state index in [9.17, 15) is 0 Å². The highest BCUT2D eigenvalue weighted by Crippen LogP contribution is 2.21. The lowest BCUT2D eigenvalue weighted by atomic mass is 10.2. The molecule has 0 amide bonds. The first-order valence-electron chi connectivity index (χ1n) is 6.69. The van der Waals surface area contributed by atoms with Gasteiger partial charge < -0.3 is 9.73 Å². The van der Waals surface area contributed by atoms with Crippen LogP contribution in [0.25, 0.3) is 0 Å². The Bertz CT molecular complexity index is 346. The molecule has 3 nitrogen and oxygen atoms in total. The number of furan rings is 1. The maximum Gasteiger partial charge on any atom is 0.122 e. The van der Waals surface area contributed by atoms with Crippen LogP contribution in [0.3, 0.4) is 0 Å². The summed E-state index contributed by atoms with van der Waals surface area (Å²) in [6.45, 7) is 9.72. The molecule has 0 spiro atoms. The van der Waals surface area contributed by atoms with Crippen molar-refractivity contribution in [3.8, 4) is 0 Å². The van der Waals surface area contributed by atoms with Gasteiger partial charge in [0.2, 0.25) is 0 Å². The lowest BCUT2D eigenvalue weighted by molar-refractivity contribution is 0.237. The second kappa shape index (κ2) is 5.69. The molecule has 1 aliphatic heterocycles. The number of nitrogens with one attached hydrogen (secondary N) is 1. The predicted molar refractivity (Wildman–Crippen MR) is 69.8 cm³/mol. The van der Waals surface area contributed by atoms with Crippen molar-refractivity contribution >= 4 is 0 Å². The minimum absolute atomic E-state index is 0.517. The molecule has 0 aliphatic carbocycles. The van der Waals surface area contributed by atoms with E-state index in [4.69, 9.17) is 4.42 Å². The summed E-state index contributed by atoms with van der Waals surface area (Å²) < 4.78 is 5.63. The third-order valence-corrected chi connectivity index (χ3v) is 3.58. The first-order chi connectivity index (χ1) is 8.16. The molecule has 1 saturated heterocycles. The molecule has 1 fully saturated rings. The number of hydrogen-bond donors (Lipinski definition) is 1. The Morgan fingerprint density at radius 3 is 3.00 bits per heavy atom. The molecule has 2 heterocycles. The van der Waals surface area contributed by atoms with Gasteiger partial charge in [0.1, 0.15) is 5.76 Å². The van der Waals surface area contributed by atoms with Crippen molar-refractivity contribution < 1.29 is 4.42 Å². The van der Waals surface area contributed by atoms with Crippen molar-refractivity contribution in [1.82, 2.24) is 10.2 Å². The first kappa shape index (κ1) is 12.7. The van der Waals surface area contributed by atoms with Crippen LogP contribution in [0.2, 0.25) is 0 Å². The van der Waals surface area contributed by atoms with E-state index in [2.05, 4.69) is 37.1 Å². The minimum atomic E-state index is 0.517. The van der Waals surface area contributed by atoms with Gasteiger partial charge >= 0.3 is 0 Å². The zero-order chi connectivity index (χ0) is 12.3. The lowest BCUT2D eigenvalue weighted by Crippen LogP contribution is -2.27. The minimum Gasteiger partial charge on any atom is -0.468 e. The molecule has 1 N–H and O–H groups in total. The monoisotopic (exact) mass is 236 g/mol. The zero-order valence-corrected chi connectivity index (χ0v) is 11.2. The van der Waals surface area contributed by atoms with Crippen LogP contribution >= 0.6 is 0 Å². The Hall–Kier alpha value is -0.800. The Labute approximate surface area is 104 Å². The van der Waals surface area contributed by atoms with Crippen molar-refractivity contribution in [3.05, 3.63) is 23.7 Å². The molecule has 1 aromatic rings. The standard InChI is InChI=1S/C14H24N2O/c1-11(2)15-9-13-6-8-17-14(13)10-16-7-4-5-12(16)3/h6,8,11-12,15H,4-5,7,9-10H2,1-3H3. The SMILES string of the molecule is CC(C)NCc1ccoc1CN1CCCC1C. The van der Waals surface area contributed by atoms with Crippen LogP contribution in [0.5, 0.6) is 0 Å². The van der Waals surface area contributed by atoms with Gasteiger partial charge in [0.05, 0.1) is 12.8 Å². The van der Waals surface area contributed by atoms with Crippen LogP contribution in [0.15, 0.2) is 16.7 Å². The largest absolute Gasteiger partial charge is 0.468 e. The number of rotatable bonds is 5. The van der Waals surface area contributed by atoms with Crippen molar-refractivity contribution in [1.29, 1.82) is 0 Å². The molecule has 0 radical (unpaired) electrons. The molecule has 96 valence electrons. The lowest BCUT2D eigenvalue weighted by Gasteiger charge is -2.20. The summed E-state index contributed by atoms with van der Waals surface area (Å²) in [6, 6.07) is 3.31. The van der Waals surface area contributed by atoms with E-state index in [0.29, 0.717) is 12.1 Å². The van der Waals surface area contributed by atoms with Crippen LogP contribution in [0.4, 0.5) is 0 Å². The van der Waals surface area contributed by atoms with E-state index in [1.807, 2.05) is 6.26 Å². The second-order valence-electron chi connectivity index (χ2n) is 5.37. The predicted octanol–water partition coefficient (Wildman–Crippen LogP) is 2.76. The Kier molecular flexibility index (Phi) is 4.24. The molecule has 17 heavy (non-hydrogen) atoms. The molecule has 2 rings (SSSR count). The Morgan fingerprint density at radius 1 is 1.53 bits per heavy atom. The van der Waals surface area contributed by atoms with E-state index in [1.54, 1.807) is 0 Å². The maximum absolute atomic E-state index is 5.63. The molecular weight excluding hydrogens is 212 g/mol. The van der Waals surface area contributed by atoms with Crippen LogP contribution in [-0.2, 0) is 13.1 Å². The van der Waals surface area contributed by atoms with Gasteiger partial charge in [0.15, 0.2) is 0 Å². The second-order valence-corrected chi connectivity index (χ2v) is 5.37. The fourth-order valence-electron chi connectivity index (χ4n) is 2.39. The summed E-state index contributed by atoms with van der Waals surface area (Å²) in [5.74, 6) is 1.13. The molecule has 1 unspecified atom stereocenters. The van der Waals surface area contributed by atoms with E-state index < -0.39 is 0 Å². The van der Waals surface area contributed by atoms with Gasteiger partial charge in [-0.3, -0.25) is 4.90 Å². The van der Waals surface area contributed by atoms with E-state index >= 15 is 0 Å². The third kappa shape index (κ3) is 3.33. The molecule has 0 saturated carbocycles. The number of likely N-dealkylation sites (tertiary alicyclic amines) is 1. The van der Waals surface area contributed by atoms with Gasteiger partial charge in [-0.25, -0.2) is 0 Å².